The number of carbonyl (C=O) groups excluding carboxylic acids is 1. The number of halogens is 1. The molecular formula is C23H22FN3O2. The van der Waals surface area contributed by atoms with Crippen LogP contribution in [0.2, 0.25) is 0 Å². The summed E-state index contributed by atoms with van der Waals surface area (Å²) < 4.78 is 21.7. The van der Waals surface area contributed by atoms with Gasteiger partial charge in [-0.05, 0) is 54.7 Å². The quantitative estimate of drug-likeness (QED) is 0.665. The van der Waals surface area contributed by atoms with Gasteiger partial charge >= 0.3 is 0 Å². The molecule has 0 spiro atoms. The van der Waals surface area contributed by atoms with Crippen molar-refractivity contribution in [3.05, 3.63) is 83.2 Å². The topological polar surface area (TPSA) is 56.1 Å². The molecule has 1 atom stereocenters. The van der Waals surface area contributed by atoms with E-state index in [2.05, 4.69) is 16.4 Å². The van der Waals surface area contributed by atoms with Crippen LogP contribution in [0.3, 0.4) is 0 Å². The lowest BCUT2D eigenvalue weighted by Crippen LogP contribution is -2.25. The van der Waals surface area contributed by atoms with E-state index in [9.17, 15) is 9.18 Å². The molecule has 0 saturated carbocycles. The molecule has 6 heteroatoms. The van der Waals surface area contributed by atoms with Crippen LogP contribution < -0.4 is 10.1 Å². The van der Waals surface area contributed by atoms with E-state index in [-0.39, 0.29) is 17.6 Å². The number of aryl methyl sites for hydroxylation is 2. The van der Waals surface area contributed by atoms with E-state index in [0.29, 0.717) is 11.3 Å². The third-order valence-electron chi connectivity index (χ3n) is 5.12. The Morgan fingerprint density at radius 1 is 1.34 bits per heavy atom. The highest BCUT2D eigenvalue weighted by Gasteiger charge is 2.22. The first-order valence-corrected chi connectivity index (χ1v) is 9.50. The fourth-order valence-corrected chi connectivity index (χ4v) is 3.74. The SMILES string of the molecule is COc1cc(/C=C/C(=O)NC2CCc3ccccc32)cc(F)c1-n1cnc(C)c1. The molecule has 0 fully saturated rings. The van der Waals surface area contributed by atoms with Crippen LogP contribution in [0.25, 0.3) is 11.8 Å². The van der Waals surface area contributed by atoms with Crippen molar-refractivity contribution in [3.8, 4) is 11.4 Å². The van der Waals surface area contributed by atoms with Gasteiger partial charge < -0.3 is 14.6 Å². The van der Waals surface area contributed by atoms with Gasteiger partial charge in [0.1, 0.15) is 11.4 Å². The maximum absolute atomic E-state index is 14.7. The first-order chi connectivity index (χ1) is 14.0. The van der Waals surface area contributed by atoms with Gasteiger partial charge in [0.05, 0.1) is 25.2 Å². The monoisotopic (exact) mass is 391 g/mol. The average Bonchev–Trinajstić information content (AvgIpc) is 3.32. The fraction of sp³-hybridized carbons (Fsp3) is 0.217. The average molecular weight is 391 g/mol. The van der Waals surface area contributed by atoms with Crippen molar-refractivity contribution in [2.75, 3.05) is 7.11 Å². The number of imidazole rings is 1. The Morgan fingerprint density at radius 3 is 2.93 bits per heavy atom. The molecule has 1 heterocycles. The van der Waals surface area contributed by atoms with E-state index >= 15 is 0 Å². The number of hydrogen-bond donors (Lipinski definition) is 1. The number of nitrogens with zero attached hydrogens (tertiary/aromatic N) is 2. The molecule has 1 aliphatic rings. The van der Waals surface area contributed by atoms with Crippen molar-refractivity contribution >= 4 is 12.0 Å². The summed E-state index contributed by atoms with van der Waals surface area (Å²) in [6, 6.07) is 11.2. The van der Waals surface area contributed by atoms with Gasteiger partial charge in [-0.3, -0.25) is 4.79 Å². The zero-order valence-electron chi connectivity index (χ0n) is 16.4. The molecule has 0 radical (unpaired) electrons. The minimum absolute atomic E-state index is 0.0153. The summed E-state index contributed by atoms with van der Waals surface area (Å²) >= 11 is 0. The lowest BCUT2D eigenvalue weighted by Gasteiger charge is -2.13. The van der Waals surface area contributed by atoms with Crippen LogP contribution in [-0.4, -0.2) is 22.6 Å². The van der Waals surface area contributed by atoms with Crippen LogP contribution in [-0.2, 0) is 11.2 Å². The number of nitrogens with one attached hydrogen (secondary N) is 1. The van der Waals surface area contributed by atoms with Crippen molar-refractivity contribution in [1.82, 2.24) is 14.9 Å². The lowest BCUT2D eigenvalue weighted by molar-refractivity contribution is -0.117. The standard InChI is InChI=1S/C23H22FN3O2/c1-15-13-27(14-25-15)23-19(24)11-16(12-21(23)29-2)7-10-22(28)26-20-9-8-17-5-3-4-6-18(17)20/h3-7,10-14,20H,8-9H2,1-2H3,(H,26,28)/b10-7+. The first-order valence-electron chi connectivity index (χ1n) is 9.50. The van der Waals surface area contributed by atoms with Crippen LogP contribution in [0.4, 0.5) is 4.39 Å². The van der Waals surface area contributed by atoms with E-state index in [1.165, 1.54) is 30.4 Å². The summed E-state index contributed by atoms with van der Waals surface area (Å²) in [7, 11) is 1.49. The van der Waals surface area contributed by atoms with Gasteiger partial charge in [-0.25, -0.2) is 9.37 Å². The van der Waals surface area contributed by atoms with E-state index in [1.807, 2.05) is 25.1 Å². The summed E-state index contributed by atoms with van der Waals surface area (Å²) in [6.45, 7) is 1.83. The molecule has 1 aromatic heterocycles. The second-order valence-corrected chi connectivity index (χ2v) is 7.11. The summed E-state index contributed by atoms with van der Waals surface area (Å²) in [4.78, 5) is 16.5. The molecule has 3 aromatic rings. The number of methoxy groups -OCH3 is 1. The second kappa shape index (κ2) is 7.91. The van der Waals surface area contributed by atoms with E-state index < -0.39 is 5.82 Å². The van der Waals surface area contributed by atoms with Gasteiger partial charge in [0, 0.05) is 12.3 Å². The number of aromatic nitrogens is 2. The Bertz CT molecular complexity index is 1090. The van der Waals surface area contributed by atoms with Crippen molar-refractivity contribution in [2.45, 2.75) is 25.8 Å². The lowest BCUT2D eigenvalue weighted by atomic mass is 10.1. The van der Waals surface area contributed by atoms with Crippen LogP contribution >= 0.6 is 0 Å². The molecule has 148 valence electrons. The number of fused-ring (bicyclic) bond motifs is 1. The molecule has 1 amide bonds. The Labute approximate surface area is 168 Å². The molecule has 5 nitrogen and oxygen atoms in total. The molecule has 29 heavy (non-hydrogen) atoms. The summed E-state index contributed by atoms with van der Waals surface area (Å²) in [5.74, 6) is -0.293. The zero-order valence-corrected chi connectivity index (χ0v) is 16.4. The number of rotatable bonds is 5. The van der Waals surface area contributed by atoms with Crippen LogP contribution in [0.5, 0.6) is 5.75 Å². The van der Waals surface area contributed by atoms with E-state index in [1.54, 1.807) is 29.2 Å². The summed E-state index contributed by atoms with van der Waals surface area (Å²) in [6.07, 6.45) is 8.13. The van der Waals surface area contributed by atoms with Crippen LogP contribution in [0.15, 0.2) is 55.0 Å². The summed E-state index contributed by atoms with van der Waals surface area (Å²) in [5.41, 5.74) is 4.06. The van der Waals surface area contributed by atoms with Crippen molar-refractivity contribution in [3.63, 3.8) is 0 Å². The van der Waals surface area contributed by atoms with Crippen LogP contribution in [0, 0.1) is 12.7 Å². The number of hydrogen-bond acceptors (Lipinski definition) is 3. The van der Waals surface area contributed by atoms with Gasteiger partial charge in [-0.2, -0.15) is 0 Å². The highest BCUT2D eigenvalue weighted by molar-refractivity contribution is 5.92. The largest absolute Gasteiger partial charge is 0.494 e. The van der Waals surface area contributed by atoms with Gasteiger partial charge in [0.15, 0.2) is 5.82 Å². The number of amides is 1. The van der Waals surface area contributed by atoms with Crippen molar-refractivity contribution in [1.29, 1.82) is 0 Å². The van der Waals surface area contributed by atoms with Gasteiger partial charge in [-0.1, -0.05) is 24.3 Å². The number of benzene rings is 2. The highest BCUT2D eigenvalue weighted by Crippen LogP contribution is 2.31. The van der Waals surface area contributed by atoms with Gasteiger partial charge in [0.25, 0.3) is 0 Å². The third kappa shape index (κ3) is 3.92. The Hall–Kier alpha value is -3.41. The second-order valence-electron chi connectivity index (χ2n) is 7.11. The molecule has 1 unspecified atom stereocenters. The predicted octanol–water partition coefficient (Wildman–Crippen LogP) is 4.15. The maximum Gasteiger partial charge on any atom is 0.244 e. The molecule has 4 rings (SSSR count). The van der Waals surface area contributed by atoms with E-state index in [4.69, 9.17) is 4.74 Å². The summed E-state index contributed by atoms with van der Waals surface area (Å²) in [5, 5.41) is 3.03. The number of ether oxygens (including phenoxy) is 1. The van der Waals surface area contributed by atoms with Crippen LogP contribution in [0.1, 0.15) is 34.8 Å². The molecule has 0 saturated heterocycles. The molecular weight excluding hydrogens is 369 g/mol. The minimum atomic E-state index is -0.452. The first kappa shape index (κ1) is 18.9. The third-order valence-corrected chi connectivity index (χ3v) is 5.12. The molecule has 0 bridgehead atoms. The number of carbonyl (C=O) groups is 1. The van der Waals surface area contributed by atoms with E-state index in [0.717, 1.165) is 18.5 Å². The van der Waals surface area contributed by atoms with Crippen molar-refractivity contribution in [2.24, 2.45) is 0 Å². The molecule has 0 aliphatic heterocycles. The molecule has 2 aromatic carbocycles. The van der Waals surface area contributed by atoms with Gasteiger partial charge in [0.2, 0.25) is 5.91 Å². The molecule has 1 N–H and O–H groups in total. The van der Waals surface area contributed by atoms with Crippen molar-refractivity contribution < 1.29 is 13.9 Å². The smallest absolute Gasteiger partial charge is 0.244 e. The molecule has 1 aliphatic carbocycles. The zero-order chi connectivity index (χ0) is 20.4. The Morgan fingerprint density at radius 2 is 2.17 bits per heavy atom. The Balaban J connectivity index is 1.51. The highest BCUT2D eigenvalue weighted by atomic mass is 19.1. The predicted molar refractivity (Wildman–Crippen MR) is 109 cm³/mol. The normalized spacial score (nSPS) is 15.5. The Kier molecular flexibility index (Phi) is 5.16. The maximum atomic E-state index is 14.7. The minimum Gasteiger partial charge on any atom is -0.494 e. The fourth-order valence-electron chi connectivity index (χ4n) is 3.74. The van der Waals surface area contributed by atoms with Gasteiger partial charge in [-0.15, -0.1) is 0 Å².